The summed E-state index contributed by atoms with van der Waals surface area (Å²) < 4.78 is 5.59. The molecule has 0 bridgehead atoms. The Morgan fingerprint density at radius 2 is 2.27 bits per heavy atom. The van der Waals surface area contributed by atoms with Gasteiger partial charge in [0.25, 0.3) is 0 Å². The summed E-state index contributed by atoms with van der Waals surface area (Å²) in [5, 5.41) is 8.96. The lowest BCUT2D eigenvalue weighted by Gasteiger charge is -2.11. The van der Waals surface area contributed by atoms with Crippen LogP contribution in [0.15, 0.2) is 18.2 Å². The zero-order valence-electron chi connectivity index (χ0n) is 8.27. The molecule has 15 heavy (non-hydrogen) atoms. The quantitative estimate of drug-likeness (QED) is 0.782. The first-order valence-electron chi connectivity index (χ1n) is 4.94. The summed E-state index contributed by atoms with van der Waals surface area (Å²) >= 11 is 0. The van der Waals surface area contributed by atoms with Gasteiger partial charge in [-0.2, -0.15) is 0 Å². The van der Waals surface area contributed by atoms with Gasteiger partial charge in [-0.25, -0.2) is 4.79 Å². The minimum absolute atomic E-state index is 0.185. The summed E-state index contributed by atoms with van der Waals surface area (Å²) in [6, 6.07) is 5.00. The number of ether oxygens (including phenoxy) is 1. The molecule has 1 aromatic rings. The Morgan fingerprint density at radius 3 is 2.80 bits per heavy atom. The predicted octanol–water partition coefficient (Wildman–Crippen LogP) is 1.38. The van der Waals surface area contributed by atoms with Gasteiger partial charge in [0.1, 0.15) is 5.75 Å². The predicted molar refractivity (Wildman–Crippen MR) is 54.9 cm³/mol. The van der Waals surface area contributed by atoms with E-state index in [0.29, 0.717) is 11.3 Å². The van der Waals surface area contributed by atoms with Crippen molar-refractivity contribution in [3.8, 4) is 5.75 Å². The Balaban J connectivity index is 2.34. The van der Waals surface area contributed by atoms with E-state index in [0.717, 1.165) is 12.8 Å². The van der Waals surface area contributed by atoms with Crippen LogP contribution < -0.4 is 10.5 Å². The van der Waals surface area contributed by atoms with Gasteiger partial charge in [0.05, 0.1) is 11.7 Å². The maximum atomic E-state index is 10.9. The summed E-state index contributed by atoms with van der Waals surface area (Å²) in [7, 11) is 0. The molecule has 1 aliphatic rings. The van der Waals surface area contributed by atoms with Gasteiger partial charge in [0, 0.05) is 12.1 Å². The lowest BCUT2D eigenvalue weighted by atomic mass is 10.1. The van der Waals surface area contributed by atoms with Crippen molar-refractivity contribution < 1.29 is 14.6 Å². The van der Waals surface area contributed by atoms with E-state index in [4.69, 9.17) is 15.6 Å². The topological polar surface area (TPSA) is 72.5 Å². The molecular weight excluding hydrogens is 194 g/mol. The van der Waals surface area contributed by atoms with E-state index >= 15 is 0 Å². The SMILES string of the molecule is NCc1c(OC2CC2)cccc1C(=O)O. The summed E-state index contributed by atoms with van der Waals surface area (Å²) in [6.07, 6.45) is 2.34. The Hall–Kier alpha value is -1.55. The van der Waals surface area contributed by atoms with Crippen molar-refractivity contribution in [2.75, 3.05) is 0 Å². The Labute approximate surface area is 87.7 Å². The van der Waals surface area contributed by atoms with Crippen molar-refractivity contribution in [2.45, 2.75) is 25.5 Å². The Bertz CT molecular complexity index is 385. The molecule has 0 heterocycles. The fraction of sp³-hybridized carbons (Fsp3) is 0.364. The van der Waals surface area contributed by atoms with Gasteiger partial charge >= 0.3 is 5.97 Å². The largest absolute Gasteiger partial charge is 0.490 e. The van der Waals surface area contributed by atoms with Crippen LogP contribution in [0.1, 0.15) is 28.8 Å². The van der Waals surface area contributed by atoms with Crippen molar-refractivity contribution in [3.05, 3.63) is 29.3 Å². The second kappa shape index (κ2) is 3.90. The molecule has 0 radical (unpaired) electrons. The maximum Gasteiger partial charge on any atom is 0.336 e. The van der Waals surface area contributed by atoms with Crippen LogP contribution >= 0.6 is 0 Å². The van der Waals surface area contributed by atoms with E-state index in [1.807, 2.05) is 0 Å². The standard InChI is InChI=1S/C11H13NO3/c12-6-9-8(11(13)14)2-1-3-10(9)15-7-4-5-7/h1-3,7H,4-6,12H2,(H,13,14). The first-order chi connectivity index (χ1) is 7.22. The molecule has 4 heteroatoms. The summed E-state index contributed by atoms with van der Waals surface area (Å²) in [5.41, 5.74) is 6.35. The van der Waals surface area contributed by atoms with Crippen LogP contribution in [-0.2, 0) is 6.54 Å². The fourth-order valence-corrected chi connectivity index (χ4v) is 1.45. The average Bonchev–Trinajstić information content (AvgIpc) is 3.01. The van der Waals surface area contributed by atoms with E-state index in [2.05, 4.69) is 0 Å². The highest BCUT2D eigenvalue weighted by molar-refractivity contribution is 5.90. The van der Waals surface area contributed by atoms with Crippen LogP contribution in [0.3, 0.4) is 0 Å². The van der Waals surface area contributed by atoms with Crippen LogP contribution in [-0.4, -0.2) is 17.2 Å². The molecule has 1 aromatic carbocycles. The second-order valence-corrected chi connectivity index (χ2v) is 3.61. The number of benzene rings is 1. The molecule has 0 atom stereocenters. The smallest absolute Gasteiger partial charge is 0.336 e. The van der Waals surface area contributed by atoms with E-state index < -0.39 is 5.97 Å². The molecule has 0 amide bonds. The zero-order valence-corrected chi connectivity index (χ0v) is 8.27. The third-order valence-corrected chi connectivity index (χ3v) is 2.39. The van der Waals surface area contributed by atoms with E-state index in [1.54, 1.807) is 18.2 Å². The number of carboxylic acid groups (broad SMARTS) is 1. The summed E-state index contributed by atoms with van der Waals surface area (Å²) in [4.78, 5) is 10.9. The molecule has 3 N–H and O–H groups in total. The number of nitrogens with two attached hydrogens (primary N) is 1. The van der Waals surface area contributed by atoms with Crippen LogP contribution in [0.4, 0.5) is 0 Å². The van der Waals surface area contributed by atoms with Gasteiger partial charge < -0.3 is 15.6 Å². The molecule has 0 aliphatic heterocycles. The van der Waals surface area contributed by atoms with E-state index in [1.165, 1.54) is 0 Å². The van der Waals surface area contributed by atoms with Gasteiger partial charge in [-0.15, -0.1) is 0 Å². The number of hydrogen-bond acceptors (Lipinski definition) is 3. The fourth-order valence-electron chi connectivity index (χ4n) is 1.45. The highest BCUT2D eigenvalue weighted by atomic mass is 16.5. The molecule has 0 aromatic heterocycles. The minimum atomic E-state index is -0.961. The number of hydrogen-bond donors (Lipinski definition) is 2. The first kappa shape index (κ1) is 9.98. The van der Waals surface area contributed by atoms with Crippen molar-refractivity contribution in [1.29, 1.82) is 0 Å². The highest BCUT2D eigenvalue weighted by Crippen LogP contribution is 2.30. The number of rotatable bonds is 4. The minimum Gasteiger partial charge on any atom is -0.490 e. The molecule has 1 saturated carbocycles. The zero-order chi connectivity index (χ0) is 10.8. The molecule has 0 spiro atoms. The van der Waals surface area contributed by atoms with Crippen LogP contribution in [0.25, 0.3) is 0 Å². The normalized spacial score (nSPS) is 15.0. The van der Waals surface area contributed by atoms with Gasteiger partial charge in [-0.1, -0.05) is 6.07 Å². The molecule has 1 fully saturated rings. The van der Waals surface area contributed by atoms with Gasteiger partial charge in [0.15, 0.2) is 0 Å². The molecule has 80 valence electrons. The second-order valence-electron chi connectivity index (χ2n) is 3.61. The molecule has 2 rings (SSSR count). The van der Waals surface area contributed by atoms with Crippen molar-refractivity contribution >= 4 is 5.97 Å². The van der Waals surface area contributed by atoms with Crippen molar-refractivity contribution in [1.82, 2.24) is 0 Å². The van der Waals surface area contributed by atoms with Crippen LogP contribution in [0.2, 0.25) is 0 Å². The van der Waals surface area contributed by atoms with Crippen molar-refractivity contribution in [3.63, 3.8) is 0 Å². The molecule has 4 nitrogen and oxygen atoms in total. The van der Waals surface area contributed by atoms with Crippen LogP contribution in [0, 0.1) is 0 Å². The monoisotopic (exact) mass is 207 g/mol. The lowest BCUT2D eigenvalue weighted by molar-refractivity contribution is 0.0695. The third-order valence-electron chi connectivity index (χ3n) is 2.39. The molecule has 1 aliphatic carbocycles. The number of aromatic carboxylic acids is 1. The third kappa shape index (κ3) is 2.10. The first-order valence-corrected chi connectivity index (χ1v) is 4.94. The molecular formula is C11H13NO3. The average molecular weight is 207 g/mol. The molecule has 0 unspecified atom stereocenters. The Kier molecular flexibility index (Phi) is 2.60. The Morgan fingerprint density at radius 1 is 1.53 bits per heavy atom. The highest BCUT2D eigenvalue weighted by Gasteiger charge is 2.25. The van der Waals surface area contributed by atoms with E-state index in [-0.39, 0.29) is 18.2 Å². The number of carboxylic acids is 1. The van der Waals surface area contributed by atoms with Gasteiger partial charge in [0.2, 0.25) is 0 Å². The van der Waals surface area contributed by atoms with Crippen molar-refractivity contribution in [2.24, 2.45) is 5.73 Å². The van der Waals surface area contributed by atoms with E-state index in [9.17, 15) is 4.79 Å². The maximum absolute atomic E-state index is 10.9. The lowest BCUT2D eigenvalue weighted by Crippen LogP contribution is -2.10. The van der Waals surface area contributed by atoms with Gasteiger partial charge in [-0.3, -0.25) is 0 Å². The number of carbonyl (C=O) groups is 1. The summed E-state index contributed by atoms with van der Waals surface area (Å²) in [6.45, 7) is 0.185. The summed E-state index contributed by atoms with van der Waals surface area (Å²) in [5.74, 6) is -0.350. The molecule has 0 saturated heterocycles. The van der Waals surface area contributed by atoms with Gasteiger partial charge in [-0.05, 0) is 25.0 Å². The van der Waals surface area contributed by atoms with Crippen LogP contribution in [0.5, 0.6) is 5.75 Å².